The zero-order chi connectivity index (χ0) is 15.2. The van der Waals surface area contributed by atoms with Crippen molar-refractivity contribution in [2.75, 3.05) is 0 Å². The predicted molar refractivity (Wildman–Crippen MR) is 58.8 cm³/mol. The second-order valence-electron chi connectivity index (χ2n) is 4.18. The Bertz CT molecular complexity index is 605. The number of halogens is 7. The molecule has 7 heteroatoms. The molecular formula is C13H7F7. The standard InChI is InChI=1S/C13H7F7/c14-11(12(15,16)17,13(18,19)20)10-7-3-5-8-4-1-2-6-9(8)10/h1-7H. The molecule has 0 unspecified atom stereocenters. The summed E-state index contributed by atoms with van der Waals surface area (Å²) in [7, 11) is 0. The quantitative estimate of drug-likeness (QED) is 0.640. The summed E-state index contributed by atoms with van der Waals surface area (Å²) in [5.74, 6) is 0. The van der Waals surface area contributed by atoms with Gasteiger partial charge in [0.2, 0.25) is 0 Å². The van der Waals surface area contributed by atoms with Crippen LogP contribution in [0.15, 0.2) is 42.5 Å². The molecule has 2 aromatic rings. The molecule has 0 heterocycles. The monoisotopic (exact) mass is 296 g/mol. The molecule has 0 aliphatic rings. The van der Waals surface area contributed by atoms with Gasteiger partial charge in [0.05, 0.1) is 0 Å². The van der Waals surface area contributed by atoms with Gasteiger partial charge in [0.15, 0.2) is 0 Å². The highest BCUT2D eigenvalue weighted by atomic mass is 19.4. The van der Waals surface area contributed by atoms with Gasteiger partial charge in [-0.2, -0.15) is 26.3 Å². The van der Waals surface area contributed by atoms with Gasteiger partial charge in [-0.1, -0.05) is 42.5 Å². The van der Waals surface area contributed by atoms with Gasteiger partial charge in [0.1, 0.15) is 0 Å². The van der Waals surface area contributed by atoms with Gasteiger partial charge in [0.25, 0.3) is 0 Å². The third-order valence-corrected chi connectivity index (χ3v) is 2.94. The highest BCUT2D eigenvalue weighted by molar-refractivity contribution is 5.86. The molecule has 0 nitrogen and oxygen atoms in total. The summed E-state index contributed by atoms with van der Waals surface area (Å²) in [6.45, 7) is 0. The topological polar surface area (TPSA) is 0 Å². The fourth-order valence-corrected chi connectivity index (χ4v) is 1.99. The number of benzene rings is 2. The Hall–Kier alpha value is -1.79. The van der Waals surface area contributed by atoms with Crippen molar-refractivity contribution < 1.29 is 30.7 Å². The molecular weight excluding hydrogens is 289 g/mol. The Labute approximate surface area is 108 Å². The van der Waals surface area contributed by atoms with Crippen molar-refractivity contribution in [1.29, 1.82) is 0 Å². The molecule has 0 fully saturated rings. The number of hydrogen-bond acceptors (Lipinski definition) is 0. The molecule has 108 valence electrons. The molecule has 0 radical (unpaired) electrons. The van der Waals surface area contributed by atoms with Crippen LogP contribution in [0.25, 0.3) is 10.8 Å². The van der Waals surface area contributed by atoms with E-state index in [1.165, 1.54) is 24.3 Å². The Morgan fingerprint density at radius 2 is 1.10 bits per heavy atom. The zero-order valence-corrected chi connectivity index (χ0v) is 9.69. The first kappa shape index (κ1) is 14.6. The second-order valence-corrected chi connectivity index (χ2v) is 4.18. The van der Waals surface area contributed by atoms with E-state index in [1.54, 1.807) is 0 Å². The first-order valence-corrected chi connectivity index (χ1v) is 5.39. The van der Waals surface area contributed by atoms with Gasteiger partial charge in [-0.3, -0.25) is 0 Å². The van der Waals surface area contributed by atoms with Crippen LogP contribution in [0.3, 0.4) is 0 Å². The lowest BCUT2D eigenvalue weighted by Crippen LogP contribution is -2.50. The van der Waals surface area contributed by atoms with Crippen molar-refractivity contribution in [1.82, 2.24) is 0 Å². The Kier molecular flexibility index (Phi) is 3.19. The first-order valence-electron chi connectivity index (χ1n) is 5.39. The lowest BCUT2D eigenvalue weighted by molar-refractivity contribution is -0.348. The van der Waals surface area contributed by atoms with Crippen molar-refractivity contribution in [3.63, 3.8) is 0 Å². The third-order valence-electron chi connectivity index (χ3n) is 2.94. The molecule has 0 atom stereocenters. The molecule has 20 heavy (non-hydrogen) atoms. The first-order chi connectivity index (χ1) is 9.09. The van der Waals surface area contributed by atoms with Gasteiger partial charge in [0, 0.05) is 5.56 Å². The predicted octanol–water partition coefficient (Wildman–Crippen LogP) is 5.13. The van der Waals surface area contributed by atoms with Gasteiger partial charge in [-0.25, -0.2) is 4.39 Å². The minimum absolute atomic E-state index is 0.0977. The zero-order valence-electron chi connectivity index (χ0n) is 9.69. The van der Waals surface area contributed by atoms with E-state index >= 15 is 0 Å². The minimum Gasteiger partial charge on any atom is -0.218 e. The Morgan fingerprint density at radius 1 is 0.600 bits per heavy atom. The maximum absolute atomic E-state index is 14.0. The molecule has 0 bridgehead atoms. The van der Waals surface area contributed by atoms with E-state index in [0.717, 1.165) is 12.1 Å². The maximum Gasteiger partial charge on any atom is 0.435 e. The van der Waals surface area contributed by atoms with Crippen molar-refractivity contribution in [3.05, 3.63) is 48.0 Å². The number of hydrogen-bond donors (Lipinski definition) is 0. The summed E-state index contributed by atoms with van der Waals surface area (Å²) in [6.07, 6.45) is -12.2. The van der Waals surface area contributed by atoms with Crippen LogP contribution in [0.2, 0.25) is 0 Å². The van der Waals surface area contributed by atoms with Crippen LogP contribution in [-0.4, -0.2) is 12.4 Å². The molecule has 0 spiro atoms. The van der Waals surface area contributed by atoms with Crippen LogP contribution in [0, 0.1) is 0 Å². The van der Waals surface area contributed by atoms with Crippen molar-refractivity contribution >= 4 is 10.8 Å². The van der Waals surface area contributed by atoms with Gasteiger partial charge >= 0.3 is 18.0 Å². The SMILES string of the molecule is FC(F)(F)C(F)(c1cccc2ccccc12)C(F)(F)F. The molecule has 0 saturated carbocycles. The lowest BCUT2D eigenvalue weighted by Gasteiger charge is -2.31. The van der Waals surface area contributed by atoms with E-state index in [-0.39, 0.29) is 5.39 Å². The van der Waals surface area contributed by atoms with E-state index in [9.17, 15) is 30.7 Å². The molecule has 0 saturated heterocycles. The summed E-state index contributed by atoms with van der Waals surface area (Å²) < 4.78 is 90.3. The average molecular weight is 296 g/mol. The number of fused-ring (bicyclic) bond motifs is 1. The van der Waals surface area contributed by atoms with E-state index in [1.807, 2.05) is 0 Å². The molecule has 2 aromatic carbocycles. The fraction of sp³-hybridized carbons (Fsp3) is 0.231. The van der Waals surface area contributed by atoms with Crippen LogP contribution in [0.5, 0.6) is 0 Å². The molecule has 0 aromatic heterocycles. The largest absolute Gasteiger partial charge is 0.435 e. The third kappa shape index (κ3) is 2.01. The van der Waals surface area contributed by atoms with Crippen LogP contribution < -0.4 is 0 Å². The molecule has 2 rings (SSSR count). The van der Waals surface area contributed by atoms with E-state index in [2.05, 4.69) is 0 Å². The summed E-state index contributed by atoms with van der Waals surface area (Å²) in [5.41, 5.74) is -6.85. The average Bonchev–Trinajstić information content (AvgIpc) is 2.34. The van der Waals surface area contributed by atoms with Crippen LogP contribution in [-0.2, 0) is 5.67 Å². The van der Waals surface area contributed by atoms with E-state index in [0.29, 0.717) is 6.07 Å². The minimum atomic E-state index is -6.10. The molecule has 0 aliphatic carbocycles. The lowest BCUT2D eigenvalue weighted by atomic mass is 9.89. The molecule has 0 N–H and O–H groups in total. The Balaban J connectivity index is 2.84. The van der Waals surface area contributed by atoms with Crippen LogP contribution >= 0.6 is 0 Å². The summed E-state index contributed by atoms with van der Waals surface area (Å²) >= 11 is 0. The van der Waals surface area contributed by atoms with E-state index in [4.69, 9.17) is 0 Å². The van der Waals surface area contributed by atoms with Gasteiger partial charge in [-0.05, 0) is 10.8 Å². The fourth-order valence-electron chi connectivity index (χ4n) is 1.99. The van der Waals surface area contributed by atoms with Crippen molar-refractivity contribution in [2.24, 2.45) is 0 Å². The van der Waals surface area contributed by atoms with Gasteiger partial charge < -0.3 is 0 Å². The van der Waals surface area contributed by atoms with Gasteiger partial charge in [-0.15, -0.1) is 0 Å². The highest BCUT2D eigenvalue weighted by Crippen LogP contribution is 2.54. The van der Waals surface area contributed by atoms with Crippen LogP contribution in [0.1, 0.15) is 5.56 Å². The summed E-state index contributed by atoms with van der Waals surface area (Å²) in [6, 6.07) is 7.80. The number of rotatable bonds is 1. The normalized spacial score (nSPS) is 13.8. The number of alkyl halides is 7. The Morgan fingerprint density at radius 3 is 1.65 bits per heavy atom. The molecule has 0 aliphatic heterocycles. The van der Waals surface area contributed by atoms with E-state index < -0.39 is 29.0 Å². The summed E-state index contributed by atoms with van der Waals surface area (Å²) in [5, 5.41) is -0.326. The molecule has 0 amide bonds. The maximum atomic E-state index is 14.0. The smallest absolute Gasteiger partial charge is 0.218 e. The van der Waals surface area contributed by atoms with Crippen molar-refractivity contribution in [2.45, 2.75) is 18.0 Å². The highest BCUT2D eigenvalue weighted by Gasteiger charge is 2.73. The second kappa shape index (κ2) is 4.36. The van der Waals surface area contributed by atoms with Crippen molar-refractivity contribution in [3.8, 4) is 0 Å². The summed E-state index contributed by atoms with van der Waals surface area (Å²) in [4.78, 5) is 0. The van der Waals surface area contributed by atoms with Crippen LogP contribution in [0.4, 0.5) is 30.7 Å².